The Morgan fingerprint density at radius 2 is 1.81 bits per heavy atom. The molecule has 0 spiro atoms. The van der Waals surface area contributed by atoms with Gasteiger partial charge in [0.25, 0.3) is 0 Å². The monoisotopic (exact) mass is 298 g/mol. The number of carboxylic acids is 1. The van der Waals surface area contributed by atoms with Crippen LogP contribution in [0.2, 0.25) is 0 Å². The highest BCUT2D eigenvalue weighted by Crippen LogP contribution is 2.30. The van der Waals surface area contributed by atoms with E-state index in [0.29, 0.717) is 6.07 Å². The second kappa shape index (κ2) is 5.39. The highest BCUT2D eigenvalue weighted by atomic mass is 19.4. The normalized spacial score (nSPS) is 11.2. The van der Waals surface area contributed by atoms with Crippen molar-refractivity contribution in [2.75, 3.05) is 0 Å². The molecule has 110 valence electrons. The SMILES string of the molecule is Cc1nc(Oc2ccc(C(=O)O)cc2)cc(C(F)(F)F)n1. The number of benzene rings is 1. The Hall–Kier alpha value is -2.64. The van der Waals surface area contributed by atoms with Crippen LogP contribution in [0.1, 0.15) is 21.9 Å². The summed E-state index contributed by atoms with van der Waals surface area (Å²) in [5.74, 6) is -1.29. The summed E-state index contributed by atoms with van der Waals surface area (Å²) in [6.07, 6.45) is -4.60. The van der Waals surface area contributed by atoms with Gasteiger partial charge in [-0.05, 0) is 31.2 Å². The van der Waals surface area contributed by atoms with Crippen LogP contribution in [0.5, 0.6) is 11.6 Å². The van der Waals surface area contributed by atoms with Crippen LogP contribution < -0.4 is 4.74 Å². The average Bonchev–Trinajstić information content (AvgIpc) is 2.37. The first-order chi connectivity index (χ1) is 9.75. The Morgan fingerprint density at radius 3 is 2.33 bits per heavy atom. The van der Waals surface area contributed by atoms with Gasteiger partial charge in [0.1, 0.15) is 11.6 Å². The number of carbonyl (C=O) groups is 1. The van der Waals surface area contributed by atoms with Crippen LogP contribution in [0.4, 0.5) is 13.2 Å². The number of hydrogen-bond acceptors (Lipinski definition) is 4. The number of nitrogens with zero attached hydrogens (tertiary/aromatic N) is 2. The second-order valence-corrected chi connectivity index (χ2v) is 4.07. The van der Waals surface area contributed by atoms with Crippen LogP contribution in [0.3, 0.4) is 0 Å². The quantitative estimate of drug-likeness (QED) is 0.941. The lowest BCUT2D eigenvalue weighted by atomic mass is 10.2. The predicted molar refractivity (Wildman–Crippen MR) is 65.2 cm³/mol. The van der Waals surface area contributed by atoms with Crippen molar-refractivity contribution in [2.45, 2.75) is 13.1 Å². The molecule has 0 aliphatic heterocycles. The van der Waals surface area contributed by atoms with E-state index < -0.39 is 17.8 Å². The van der Waals surface area contributed by atoms with Crippen molar-refractivity contribution in [1.29, 1.82) is 0 Å². The number of aryl methyl sites for hydroxylation is 1. The van der Waals surface area contributed by atoms with Crippen LogP contribution in [0.15, 0.2) is 30.3 Å². The Balaban J connectivity index is 2.27. The van der Waals surface area contributed by atoms with Crippen molar-refractivity contribution in [1.82, 2.24) is 9.97 Å². The Kier molecular flexibility index (Phi) is 3.79. The van der Waals surface area contributed by atoms with Crippen LogP contribution >= 0.6 is 0 Å². The van der Waals surface area contributed by atoms with Crippen LogP contribution in [-0.2, 0) is 6.18 Å². The van der Waals surface area contributed by atoms with Crippen molar-refractivity contribution in [3.8, 4) is 11.6 Å². The fraction of sp³-hybridized carbons (Fsp3) is 0.154. The third kappa shape index (κ3) is 3.68. The third-order valence-electron chi connectivity index (χ3n) is 2.43. The van der Waals surface area contributed by atoms with Gasteiger partial charge in [-0.2, -0.15) is 18.2 Å². The summed E-state index contributed by atoms with van der Waals surface area (Å²) in [5.41, 5.74) is -1.07. The molecule has 1 N–H and O–H groups in total. The first-order valence-corrected chi connectivity index (χ1v) is 5.70. The molecule has 1 aromatic heterocycles. The third-order valence-corrected chi connectivity index (χ3v) is 2.43. The highest BCUT2D eigenvalue weighted by Gasteiger charge is 2.33. The molecule has 0 aliphatic rings. The fourth-order valence-electron chi connectivity index (χ4n) is 1.52. The van der Waals surface area contributed by atoms with Gasteiger partial charge in [-0.15, -0.1) is 0 Å². The number of aromatic carboxylic acids is 1. The molecule has 0 aliphatic carbocycles. The first-order valence-electron chi connectivity index (χ1n) is 5.70. The molecule has 0 fully saturated rings. The van der Waals surface area contributed by atoms with E-state index in [2.05, 4.69) is 9.97 Å². The fourth-order valence-corrected chi connectivity index (χ4v) is 1.52. The molecular weight excluding hydrogens is 289 g/mol. The summed E-state index contributed by atoms with van der Waals surface area (Å²) in [4.78, 5) is 17.7. The van der Waals surface area contributed by atoms with Crippen molar-refractivity contribution >= 4 is 5.97 Å². The Bertz CT molecular complexity index is 669. The van der Waals surface area contributed by atoms with E-state index in [1.807, 2.05) is 0 Å². The van der Waals surface area contributed by atoms with Gasteiger partial charge in [-0.25, -0.2) is 9.78 Å². The molecule has 1 aromatic carbocycles. The number of ether oxygens (including phenoxy) is 1. The molecule has 0 atom stereocenters. The number of rotatable bonds is 3. The van der Waals surface area contributed by atoms with Gasteiger partial charge in [-0.1, -0.05) is 0 Å². The molecule has 0 saturated heterocycles. The van der Waals surface area contributed by atoms with Crippen LogP contribution in [0, 0.1) is 6.92 Å². The average molecular weight is 298 g/mol. The Morgan fingerprint density at radius 1 is 1.19 bits per heavy atom. The molecule has 0 saturated carbocycles. The lowest BCUT2D eigenvalue weighted by molar-refractivity contribution is -0.141. The highest BCUT2D eigenvalue weighted by molar-refractivity contribution is 5.87. The van der Waals surface area contributed by atoms with Crippen molar-refractivity contribution in [3.05, 3.63) is 47.4 Å². The molecule has 0 bridgehead atoms. The number of carboxylic acid groups (broad SMARTS) is 1. The van der Waals surface area contributed by atoms with Gasteiger partial charge in [0.15, 0.2) is 5.69 Å². The molecule has 0 unspecified atom stereocenters. The lowest BCUT2D eigenvalue weighted by Gasteiger charge is -2.09. The summed E-state index contributed by atoms with van der Waals surface area (Å²) in [5, 5.41) is 8.74. The van der Waals surface area contributed by atoms with Gasteiger partial charge in [0, 0.05) is 6.07 Å². The van der Waals surface area contributed by atoms with Crippen molar-refractivity contribution < 1.29 is 27.8 Å². The predicted octanol–water partition coefficient (Wildman–Crippen LogP) is 3.29. The summed E-state index contributed by atoms with van der Waals surface area (Å²) < 4.78 is 43.0. The van der Waals surface area contributed by atoms with Gasteiger partial charge in [-0.3, -0.25) is 0 Å². The van der Waals surface area contributed by atoms with E-state index in [1.54, 1.807) is 0 Å². The number of aromatic nitrogens is 2. The molecule has 0 amide bonds. The van der Waals surface area contributed by atoms with Crippen LogP contribution in [0.25, 0.3) is 0 Å². The van der Waals surface area contributed by atoms with Crippen LogP contribution in [-0.4, -0.2) is 21.0 Å². The lowest BCUT2D eigenvalue weighted by Crippen LogP contribution is -2.10. The largest absolute Gasteiger partial charge is 0.478 e. The molecule has 21 heavy (non-hydrogen) atoms. The summed E-state index contributed by atoms with van der Waals surface area (Å²) in [6.45, 7) is 1.32. The maximum absolute atomic E-state index is 12.6. The molecule has 8 heteroatoms. The first kappa shape index (κ1) is 14.8. The summed E-state index contributed by atoms with van der Waals surface area (Å²) >= 11 is 0. The molecular formula is C13H9F3N2O3. The maximum atomic E-state index is 12.6. The summed E-state index contributed by atoms with van der Waals surface area (Å²) in [7, 11) is 0. The number of halogens is 3. The topological polar surface area (TPSA) is 72.3 Å². The molecule has 0 radical (unpaired) electrons. The second-order valence-electron chi connectivity index (χ2n) is 4.07. The van der Waals surface area contributed by atoms with Gasteiger partial charge in [0.05, 0.1) is 5.56 Å². The van der Waals surface area contributed by atoms with E-state index >= 15 is 0 Å². The minimum Gasteiger partial charge on any atom is -0.478 e. The minimum atomic E-state index is -4.60. The van der Waals surface area contributed by atoms with E-state index in [1.165, 1.54) is 31.2 Å². The zero-order valence-electron chi connectivity index (χ0n) is 10.7. The molecule has 5 nitrogen and oxygen atoms in total. The molecule has 2 aromatic rings. The standard InChI is InChI=1S/C13H9F3N2O3/c1-7-17-10(13(14,15)16)6-11(18-7)21-9-4-2-8(3-5-9)12(19)20/h2-6H,1H3,(H,19,20). The van der Waals surface area contributed by atoms with Gasteiger partial charge in [0.2, 0.25) is 5.88 Å². The van der Waals surface area contributed by atoms with E-state index in [-0.39, 0.29) is 23.0 Å². The smallest absolute Gasteiger partial charge is 0.433 e. The summed E-state index contributed by atoms with van der Waals surface area (Å²) in [6, 6.07) is 5.88. The number of hydrogen-bond donors (Lipinski definition) is 1. The van der Waals surface area contributed by atoms with Crippen molar-refractivity contribution in [3.63, 3.8) is 0 Å². The minimum absolute atomic E-state index is 0.0391. The Labute approximate surface area is 117 Å². The zero-order chi connectivity index (χ0) is 15.6. The number of alkyl halides is 3. The van der Waals surface area contributed by atoms with E-state index in [4.69, 9.17) is 9.84 Å². The van der Waals surface area contributed by atoms with E-state index in [9.17, 15) is 18.0 Å². The molecule has 2 rings (SSSR count). The zero-order valence-corrected chi connectivity index (χ0v) is 10.7. The maximum Gasteiger partial charge on any atom is 0.433 e. The van der Waals surface area contributed by atoms with Crippen molar-refractivity contribution in [2.24, 2.45) is 0 Å². The van der Waals surface area contributed by atoms with Gasteiger partial charge < -0.3 is 9.84 Å². The van der Waals surface area contributed by atoms with Gasteiger partial charge >= 0.3 is 12.1 Å². The molecule has 1 heterocycles. The van der Waals surface area contributed by atoms with E-state index in [0.717, 1.165) is 0 Å².